The highest BCUT2D eigenvalue weighted by Crippen LogP contribution is 2.11. The zero-order valence-corrected chi connectivity index (χ0v) is 17.9. The van der Waals surface area contributed by atoms with Crippen molar-refractivity contribution in [1.29, 1.82) is 0 Å². The monoisotopic (exact) mass is 414 g/mol. The number of esters is 1. The number of hydrogen-bond acceptors (Lipinski definition) is 5. The van der Waals surface area contributed by atoms with Gasteiger partial charge in [-0.15, -0.1) is 4.99 Å². The van der Waals surface area contributed by atoms with Gasteiger partial charge >= 0.3 is 12.1 Å². The number of hydrogen-bond donors (Lipinski definition) is 1. The Bertz CT molecular complexity index is 660. The number of cyclic esters (lactones) is 1. The highest BCUT2D eigenvalue weighted by atomic mass is 16.6. The fourth-order valence-electron chi connectivity index (χ4n) is 2.77. The summed E-state index contributed by atoms with van der Waals surface area (Å²) in [6.07, 6.45) is 7.60. The third-order valence-electron chi connectivity index (χ3n) is 4.20. The molecule has 0 bridgehead atoms. The van der Waals surface area contributed by atoms with Crippen LogP contribution in [-0.4, -0.2) is 54.6 Å². The minimum atomic E-state index is -2.85. The molecule has 0 saturated carbocycles. The van der Waals surface area contributed by atoms with Crippen molar-refractivity contribution >= 4 is 23.9 Å². The highest BCUT2D eigenvalue weighted by molar-refractivity contribution is 6.01. The molecule has 1 saturated heterocycles. The van der Waals surface area contributed by atoms with Crippen molar-refractivity contribution in [1.82, 2.24) is 10.2 Å². The molecule has 0 atom stereocenters. The van der Waals surface area contributed by atoms with Crippen LogP contribution in [0.4, 0.5) is 4.79 Å². The number of likely N-dealkylation sites (N-methyl/N-ethyl adjacent to an activating group) is 1. The minimum absolute atomic E-state index is 0.145. The number of amides is 2. The summed E-state index contributed by atoms with van der Waals surface area (Å²) in [6.45, 7) is 1.52. The van der Waals surface area contributed by atoms with E-state index < -0.39 is 43.1 Å². The van der Waals surface area contributed by atoms with Gasteiger partial charge in [-0.25, -0.2) is 4.79 Å². The van der Waals surface area contributed by atoms with E-state index in [2.05, 4.69) is 10.3 Å². The van der Waals surface area contributed by atoms with E-state index in [0.717, 1.165) is 44.9 Å². The van der Waals surface area contributed by atoms with Gasteiger partial charge in [0.1, 0.15) is 12.1 Å². The molecule has 29 heavy (non-hydrogen) atoms. The molecule has 0 aliphatic carbocycles. The van der Waals surface area contributed by atoms with E-state index in [9.17, 15) is 14.4 Å². The van der Waals surface area contributed by atoms with Crippen LogP contribution < -0.4 is 5.32 Å². The maximum atomic E-state index is 12.4. The van der Waals surface area contributed by atoms with Gasteiger partial charge in [0.25, 0.3) is 0 Å². The summed E-state index contributed by atoms with van der Waals surface area (Å²) >= 11 is 0. The summed E-state index contributed by atoms with van der Waals surface area (Å²) in [5.74, 6) is -1.83. The fraction of sp³-hybridized carbons (Fsp3) is 0.810. The van der Waals surface area contributed by atoms with Gasteiger partial charge in [-0.2, -0.15) is 0 Å². The molecule has 166 valence electrons. The van der Waals surface area contributed by atoms with Crippen molar-refractivity contribution < 1.29 is 28.0 Å². The second kappa shape index (κ2) is 13.2. The summed E-state index contributed by atoms with van der Waals surface area (Å²) < 4.78 is 33.7. The molecule has 1 aliphatic heterocycles. The molecule has 8 nitrogen and oxygen atoms in total. The molecule has 0 aromatic rings. The van der Waals surface area contributed by atoms with Gasteiger partial charge in [0.2, 0.25) is 11.9 Å². The number of ether oxygens (including phenoxy) is 2. The van der Waals surface area contributed by atoms with Gasteiger partial charge in [0, 0.05) is 17.5 Å². The average Bonchev–Trinajstić information content (AvgIpc) is 2.63. The lowest BCUT2D eigenvalue weighted by atomic mass is 10.1. The predicted octanol–water partition coefficient (Wildman–Crippen LogP) is 3.78. The highest BCUT2D eigenvalue weighted by Gasteiger charge is 2.20. The van der Waals surface area contributed by atoms with E-state index in [1.54, 1.807) is 20.8 Å². The zero-order valence-electron chi connectivity index (χ0n) is 20.9. The lowest BCUT2D eigenvalue weighted by Gasteiger charge is -2.22. The average molecular weight is 415 g/mol. The van der Waals surface area contributed by atoms with Crippen LogP contribution in [0.25, 0.3) is 0 Å². The van der Waals surface area contributed by atoms with E-state index in [1.807, 2.05) is 0 Å². The van der Waals surface area contributed by atoms with Crippen LogP contribution in [0.3, 0.4) is 0 Å². The van der Waals surface area contributed by atoms with E-state index >= 15 is 0 Å². The number of nitrogens with zero attached hydrogens (tertiary/aromatic N) is 2. The Morgan fingerprint density at radius 1 is 1.07 bits per heavy atom. The van der Waals surface area contributed by atoms with Gasteiger partial charge in [0.15, 0.2) is 0 Å². The van der Waals surface area contributed by atoms with Gasteiger partial charge in [0.05, 0.1) is 6.61 Å². The Labute approximate surface area is 178 Å². The zero-order chi connectivity index (χ0) is 24.2. The lowest BCUT2D eigenvalue weighted by molar-refractivity contribution is -0.144. The number of carbonyl (C=O) groups is 3. The summed E-state index contributed by atoms with van der Waals surface area (Å²) in [6, 6.07) is 0. The van der Waals surface area contributed by atoms with E-state index in [1.165, 1.54) is 0 Å². The normalized spacial score (nSPS) is 22.9. The second-order valence-electron chi connectivity index (χ2n) is 8.20. The summed E-state index contributed by atoms with van der Waals surface area (Å²) in [5.41, 5.74) is -0.871. The van der Waals surface area contributed by atoms with Crippen LogP contribution in [0.15, 0.2) is 4.99 Å². The number of aliphatic imine (C=N–C) groups is 1. The molecular weight excluding hydrogens is 374 g/mol. The van der Waals surface area contributed by atoms with Crippen LogP contribution in [0.2, 0.25) is 0 Å². The molecule has 0 aromatic heterocycles. The molecule has 0 unspecified atom stereocenters. The fourth-order valence-corrected chi connectivity index (χ4v) is 2.77. The summed E-state index contributed by atoms with van der Waals surface area (Å²) in [7, 11) is 0. The number of guanidine groups is 1. The van der Waals surface area contributed by atoms with E-state index in [-0.39, 0.29) is 13.0 Å². The van der Waals surface area contributed by atoms with Gasteiger partial charge in [-0.05, 0) is 33.6 Å². The van der Waals surface area contributed by atoms with Crippen molar-refractivity contribution in [2.24, 2.45) is 4.99 Å². The molecule has 0 spiro atoms. The molecule has 1 aliphatic rings. The van der Waals surface area contributed by atoms with Crippen LogP contribution in [0.1, 0.15) is 89.1 Å². The third-order valence-corrected chi connectivity index (χ3v) is 4.20. The Hall–Kier alpha value is -2.12. The van der Waals surface area contributed by atoms with Crippen molar-refractivity contribution in [2.45, 2.75) is 90.6 Å². The van der Waals surface area contributed by atoms with Crippen LogP contribution in [0.5, 0.6) is 0 Å². The SMILES string of the molecule is [2H]C([2H])([2H])N1CC(=O)OCCCCCCCCCCCC(=O)NC1=NC(=O)OC(C)(C)C. The molecule has 1 heterocycles. The predicted molar refractivity (Wildman–Crippen MR) is 112 cm³/mol. The van der Waals surface area contributed by atoms with E-state index in [4.69, 9.17) is 13.6 Å². The van der Waals surface area contributed by atoms with Crippen molar-refractivity contribution in [3.05, 3.63) is 0 Å². The van der Waals surface area contributed by atoms with Crippen LogP contribution >= 0.6 is 0 Å². The van der Waals surface area contributed by atoms with Gasteiger partial charge in [-0.1, -0.05) is 44.9 Å². The van der Waals surface area contributed by atoms with Crippen LogP contribution in [0, 0.1) is 0 Å². The quantitative estimate of drug-likeness (QED) is 0.606. The molecular formula is C21H37N3O5. The molecule has 0 radical (unpaired) electrons. The minimum Gasteiger partial charge on any atom is -0.464 e. The van der Waals surface area contributed by atoms with Gasteiger partial charge < -0.3 is 14.4 Å². The number of nitrogens with one attached hydrogen (secondary N) is 1. The lowest BCUT2D eigenvalue weighted by Crippen LogP contribution is -2.45. The molecule has 1 N–H and O–H groups in total. The van der Waals surface area contributed by atoms with E-state index in [0.29, 0.717) is 17.7 Å². The van der Waals surface area contributed by atoms with Crippen molar-refractivity contribution in [3.8, 4) is 0 Å². The first-order chi connectivity index (χ1) is 14.9. The summed E-state index contributed by atoms with van der Waals surface area (Å²) in [4.78, 5) is 41.2. The van der Waals surface area contributed by atoms with Crippen LogP contribution in [-0.2, 0) is 19.1 Å². The first-order valence-corrected chi connectivity index (χ1v) is 10.4. The Morgan fingerprint density at radius 2 is 1.66 bits per heavy atom. The third kappa shape index (κ3) is 12.9. The largest absolute Gasteiger partial charge is 0.464 e. The standard InChI is InChI=1S/C21H37N3O5/c1-21(2,3)29-20(27)23-19-22-17(25)14-12-10-8-6-5-7-9-11-13-15-28-18(26)16-24(19)4/h5-16H2,1-4H3,(H,22,23,25,27)/i4D3. The first-order valence-electron chi connectivity index (χ1n) is 11.9. The Morgan fingerprint density at radius 3 is 2.24 bits per heavy atom. The molecule has 2 amide bonds. The Balaban J connectivity index is 3.09. The number of rotatable bonds is 0. The second-order valence-corrected chi connectivity index (χ2v) is 8.20. The Kier molecular flexibility index (Phi) is 9.16. The first kappa shape index (κ1) is 20.2. The molecule has 0 aromatic carbocycles. The number of carbonyl (C=O) groups excluding carboxylic acids is 3. The molecule has 1 rings (SSSR count). The van der Waals surface area contributed by atoms with Gasteiger partial charge in [-0.3, -0.25) is 14.9 Å². The maximum absolute atomic E-state index is 12.4. The summed E-state index contributed by atoms with van der Waals surface area (Å²) in [5, 5.41) is 2.38. The molecule has 1 fully saturated rings. The van der Waals surface area contributed by atoms with Crippen molar-refractivity contribution in [2.75, 3.05) is 20.1 Å². The van der Waals surface area contributed by atoms with Crippen molar-refractivity contribution in [3.63, 3.8) is 0 Å². The topological polar surface area (TPSA) is 97.3 Å². The maximum Gasteiger partial charge on any atom is 0.437 e. The molecule has 8 heteroatoms. The smallest absolute Gasteiger partial charge is 0.437 e.